The van der Waals surface area contributed by atoms with Crippen LogP contribution >= 0.6 is 0 Å². The van der Waals surface area contributed by atoms with E-state index in [2.05, 4.69) is 37.4 Å². The average Bonchev–Trinajstić information content (AvgIpc) is 3.43. The summed E-state index contributed by atoms with van der Waals surface area (Å²) in [4.78, 5) is 26.8. The zero-order valence-corrected chi connectivity index (χ0v) is 24.0. The van der Waals surface area contributed by atoms with E-state index in [4.69, 9.17) is 4.74 Å². The van der Waals surface area contributed by atoms with Gasteiger partial charge in [0.15, 0.2) is 0 Å². The van der Waals surface area contributed by atoms with Gasteiger partial charge in [-0.2, -0.15) is 4.98 Å². The summed E-state index contributed by atoms with van der Waals surface area (Å²) in [7, 11) is 2.18. The highest BCUT2D eigenvalue weighted by Crippen LogP contribution is 2.34. The fraction of sp³-hybridized carbons (Fsp3) is 0.364. The lowest BCUT2D eigenvalue weighted by Crippen LogP contribution is -2.29. The first-order valence-electron chi connectivity index (χ1n) is 14.9. The summed E-state index contributed by atoms with van der Waals surface area (Å²) in [6.07, 6.45) is 8.53. The Kier molecular flexibility index (Phi) is 8.46. The van der Waals surface area contributed by atoms with Gasteiger partial charge in [-0.05, 0) is 82.4 Å². The molecule has 42 heavy (non-hydrogen) atoms. The summed E-state index contributed by atoms with van der Waals surface area (Å²) >= 11 is 0. The van der Waals surface area contributed by atoms with Crippen LogP contribution in [0.2, 0.25) is 0 Å². The molecule has 1 aromatic heterocycles. The molecule has 9 heteroatoms. The van der Waals surface area contributed by atoms with Gasteiger partial charge in [-0.25, -0.2) is 9.37 Å². The van der Waals surface area contributed by atoms with Crippen molar-refractivity contribution in [3.05, 3.63) is 78.2 Å². The lowest BCUT2D eigenvalue weighted by atomic mass is 10.1. The minimum Gasteiger partial charge on any atom is -0.438 e. The number of anilines is 3. The van der Waals surface area contributed by atoms with Crippen LogP contribution in [-0.4, -0.2) is 60.0 Å². The van der Waals surface area contributed by atoms with Gasteiger partial charge in [-0.3, -0.25) is 4.79 Å². The molecule has 0 spiro atoms. The predicted octanol–water partition coefficient (Wildman–Crippen LogP) is 6.70. The Bertz CT molecular complexity index is 1560. The molecule has 0 radical (unpaired) electrons. The van der Waals surface area contributed by atoms with E-state index in [1.807, 2.05) is 30.3 Å². The monoisotopic (exact) mass is 568 g/mol. The average molecular weight is 569 g/mol. The summed E-state index contributed by atoms with van der Waals surface area (Å²) in [5, 5.41) is 7.94. The Morgan fingerprint density at radius 2 is 1.83 bits per heavy atom. The zero-order chi connectivity index (χ0) is 28.9. The van der Waals surface area contributed by atoms with Crippen molar-refractivity contribution in [3.8, 4) is 11.6 Å². The lowest BCUT2D eigenvalue weighted by Gasteiger charge is -2.29. The number of carbonyl (C=O) groups excluding carboxylic acids is 1. The van der Waals surface area contributed by atoms with E-state index in [9.17, 15) is 9.18 Å². The third kappa shape index (κ3) is 6.46. The van der Waals surface area contributed by atoms with E-state index >= 15 is 0 Å². The van der Waals surface area contributed by atoms with Crippen LogP contribution in [0.15, 0.2) is 66.9 Å². The molecule has 0 saturated carbocycles. The van der Waals surface area contributed by atoms with Gasteiger partial charge in [0.2, 0.25) is 11.8 Å². The molecule has 0 aliphatic carbocycles. The van der Waals surface area contributed by atoms with E-state index in [0.29, 0.717) is 34.9 Å². The second-order valence-electron chi connectivity index (χ2n) is 11.2. The van der Waals surface area contributed by atoms with Gasteiger partial charge in [0, 0.05) is 65.6 Å². The van der Waals surface area contributed by atoms with E-state index in [0.717, 1.165) is 61.9 Å². The van der Waals surface area contributed by atoms with Gasteiger partial charge >= 0.3 is 0 Å². The predicted molar refractivity (Wildman–Crippen MR) is 165 cm³/mol. The SMILES string of the molecule is CN1CCCC1CCNc1nccc(Oc2ccc(NC(=O)c3cc(F)cc(N4CCCCC4)c3)c3ccccc23)n1. The Hall–Kier alpha value is -4.24. The van der Waals surface area contributed by atoms with Crippen LogP contribution in [0.3, 0.4) is 0 Å². The Morgan fingerprint density at radius 3 is 2.64 bits per heavy atom. The number of benzene rings is 3. The molecule has 2 N–H and O–H groups in total. The van der Waals surface area contributed by atoms with Crippen molar-refractivity contribution in [1.82, 2.24) is 14.9 Å². The summed E-state index contributed by atoms with van der Waals surface area (Å²) in [5.41, 5.74) is 1.66. The number of amides is 1. The maximum atomic E-state index is 14.5. The number of hydrogen-bond acceptors (Lipinski definition) is 7. The van der Waals surface area contributed by atoms with Gasteiger partial charge in [-0.15, -0.1) is 0 Å². The van der Waals surface area contributed by atoms with Gasteiger partial charge in [0.1, 0.15) is 11.6 Å². The first-order valence-corrected chi connectivity index (χ1v) is 14.9. The van der Waals surface area contributed by atoms with Gasteiger partial charge in [0.05, 0.1) is 0 Å². The molecule has 1 atom stereocenters. The minimum absolute atomic E-state index is 0.292. The van der Waals surface area contributed by atoms with E-state index in [1.165, 1.54) is 31.4 Å². The van der Waals surface area contributed by atoms with Gasteiger partial charge in [-0.1, -0.05) is 24.3 Å². The molecule has 8 nitrogen and oxygen atoms in total. The van der Waals surface area contributed by atoms with E-state index in [-0.39, 0.29) is 5.91 Å². The zero-order valence-electron chi connectivity index (χ0n) is 24.0. The van der Waals surface area contributed by atoms with Crippen LogP contribution in [0.5, 0.6) is 11.6 Å². The molecule has 2 aliphatic rings. The number of carbonyl (C=O) groups is 1. The van der Waals surface area contributed by atoms with Crippen molar-refractivity contribution in [2.45, 2.75) is 44.6 Å². The highest BCUT2D eigenvalue weighted by Gasteiger charge is 2.20. The molecule has 2 fully saturated rings. The van der Waals surface area contributed by atoms with Gasteiger partial charge < -0.3 is 25.2 Å². The molecule has 218 valence electrons. The standard InChI is InChI=1S/C33H37FN6O2/c1-39-17-7-8-25(39)13-15-35-33-36-16-14-31(38-33)42-30-12-11-29(27-9-3-4-10-28(27)30)37-32(41)23-20-24(34)22-26(21-23)40-18-5-2-6-19-40/h3-4,9-12,14,16,20-22,25H,2,5-8,13,15,17-19H2,1H3,(H,37,41)(H,35,36,38). The third-order valence-corrected chi connectivity index (χ3v) is 8.27. The minimum atomic E-state index is -0.415. The van der Waals surface area contributed by atoms with Crippen LogP contribution in [0.25, 0.3) is 10.8 Å². The third-order valence-electron chi connectivity index (χ3n) is 8.27. The number of likely N-dealkylation sites (tertiary alicyclic amines) is 1. The molecular formula is C33H37FN6O2. The van der Waals surface area contributed by atoms with Crippen molar-refractivity contribution in [2.75, 3.05) is 48.8 Å². The smallest absolute Gasteiger partial charge is 0.255 e. The number of nitrogens with zero attached hydrogens (tertiary/aromatic N) is 4. The lowest BCUT2D eigenvalue weighted by molar-refractivity contribution is 0.102. The van der Waals surface area contributed by atoms with Crippen molar-refractivity contribution >= 4 is 34.0 Å². The highest BCUT2D eigenvalue weighted by atomic mass is 19.1. The fourth-order valence-corrected chi connectivity index (χ4v) is 6.00. The number of hydrogen-bond donors (Lipinski definition) is 2. The molecule has 2 aliphatic heterocycles. The molecule has 2 saturated heterocycles. The molecule has 0 bridgehead atoms. The van der Waals surface area contributed by atoms with Crippen molar-refractivity contribution < 1.29 is 13.9 Å². The Balaban J connectivity index is 1.17. The summed E-state index contributed by atoms with van der Waals surface area (Å²) in [6, 6.07) is 18.2. The quantitative estimate of drug-likeness (QED) is 0.233. The van der Waals surface area contributed by atoms with E-state index in [1.54, 1.807) is 24.4 Å². The number of ether oxygens (including phenoxy) is 1. The van der Waals surface area contributed by atoms with Crippen LogP contribution in [0, 0.1) is 5.82 Å². The largest absolute Gasteiger partial charge is 0.438 e. The van der Waals surface area contributed by atoms with Crippen LogP contribution in [0.4, 0.5) is 21.7 Å². The Labute approximate surface area is 245 Å². The second-order valence-corrected chi connectivity index (χ2v) is 11.2. The normalized spacial score (nSPS) is 17.4. The number of fused-ring (bicyclic) bond motifs is 1. The number of rotatable bonds is 9. The molecule has 1 unspecified atom stereocenters. The van der Waals surface area contributed by atoms with Crippen molar-refractivity contribution in [1.29, 1.82) is 0 Å². The van der Waals surface area contributed by atoms with E-state index < -0.39 is 5.82 Å². The van der Waals surface area contributed by atoms with Gasteiger partial charge in [0.25, 0.3) is 5.91 Å². The van der Waals surface area contributed by atoms with Crippen LogP contribution in [-0.2, 0) is 0 Å². The molecular weight excluding hydrogens is 531 g/mol. The fourth-order valence-electron chi connectivity index (χ4n) is 6.00. The number of piperidine rings is 1. The van der Waals surface area contributed by atoms with Crippen molar-refractivity contribution in [2.24, 2.45) is 0 Å². The number of aromatic nitrogens is 2. The molecule has 3 aromatic carbocycles. The first kappa shape index (κ1) is 27.9. The second kappa shape index (κ2) is 12.7. The van der Waals surface area contributed by atoms with Crippen LogP contribution in [0.1, 0.15) is 48.9 Å². The highest BCUT2D eigenvalue weighted by molar-refractivity contribution is 6.10. The Morgan fingerprint density at radius 1 is 1.00 bits per heavy atom. The van der Waals surface area contributed by atoms with Crippen molar-refractivity contribution in [3.63, 3.8) is 0 Å². The molecule has 4 aromatic rings. The molecule has 3 heterocycles. The summed E-state index contributed by atoms with van der Waals surface area (Å²) < 4.78 is 20.7. The maximum absolute atomic E-state index is 14.5. The number of halogens is 1. The number of nitrogens with one attached hydrogen (secondary N) is 2. The topological polar surface area (TPSA) is 82.6 Å². The molecule has 6 rings (SSSR count). The van der Waals surface area contributed by atoms with Crippen LogP contribution < -0.4 is 20.3 Å². The first-order chi connectivity index (χ1) is 20.5. The molecule has 1 amide bonds. The summed E-state index contributed by atoms with van der Waals surface area (Å²) in [5.74, 6) is 0.792. The maximum Gasteiger partial charge on any atom is 0.255 e. The summed E-state index contributed by atoms with van der Waals surface area (Å²) in [6.45, 7) is 3.70.